The topological polar surface area (TPSA) is 553 Å². The number of aliphatic carboxylic acids is 3. The fourth-order valence-electron chi connectivity index (χ4n) is 9.03. The second kappa shape index (κ2) is 39.2. The summed E-state index contributed by atoms with van der Waals surface area (Å²) in [6, 6.07) is -14.1. The molecule has 1 aromatic heterocycles. The highest BCUT2D eigenvalue weighted by atomic mass is 16.4. The highest BCUT2D eigenvalue weighted by Crippen LogP contribution is 2.20. The van der Waals surface area contributed by atoms with E-state index < -0.39 is 207 Å². The number of carbonyl (C=O) groups excluding carboxylic acids is 12. The average molecular weight is 1280 g/mol. The summed E-state index contributed by atoms with van der Waals surface area (Å²) < 4.78 is 0. The second-order valence-corrected chi connectivity index (χ2v) is 22.5. The van der Waals surface area contributed by atoms with Crippen molar-refractivity contribution >= 4 is 88.8 Å². The van der Waals surface area contributed by atoms with Gasteiger partial charge in [0, 0.05) is 31.3 Å². The number of carbonyl (C=O) groups is 15. The number of aliphatic hydroxyl groups is 1. The maximum Gasteiger partial charge on any atom is 0.325 e. The minimum Gasteiger partial charge on any atom is -0.481 e. The van der Waals surface area contributed by atoms with Gasteiger partial charge in [0.1, 0.15) is 54.4 Å². The van der Waals surface area contributed by atoms with Gasteiger partial charge in [-0.05, 0) is 69.7 Å². The lowest BCUT2D eigenvalue weighted by molar-refractivity contribution is -0.143. The lowest BCUT2D eigenvalue weighted by Crippen LogP contribution is -2.60. The molecule has 0 unspecified atom stereocenters. The second-order valence-electron chi connectivity index (χ2n) is 22.5. The Kier molecular flexibility index (Phi) is 33.7. The number of nitrogens with one attached hydrogen (secondary N) is 12. The Labute approximate surface area is 519 Å². The number of likely N-dealkylation sites (tertiary alicyclic amines) is 1. The summed E-state index contributed by atoms with van der Waals surface area (Å²) in [5.74, 6) is -16.8. The first-order valence-corrected chi connectivity index (χ1v) is 29.6. The first kappa shape index (κ1) is 77.2. The number of rotatable bonds is 41. The third-order valence-corrected chi connectivity index (χ3v) is 14.3. The lowest BCUT2D eigenvalue weighted by Gasteiger charge is -2.30. The van der Waals surface area contributed by atoms with E-state index in [4.69, 9.17) is 11.5 Å². The van der Waals surface area contributed by atoms with Crippen LogP contribution >= 0.6 is 0 Å². The number of hydrogen-bond donors (Lipinski definition) is 18. The molecule has 11 atom stereocenters. The molecular weight excluding hydrogens is 1190 g/mol. The van der Waals surface area contributed by atoms with Gasteiger partial charge in [-0.15, -0.1) is 0 Å². The van der Waals surface area contributed by atoms with Gasteiger partial charge in [-0.1, -0.05) is 54.4 Å². The predicted molar refractivity (Wildman–Crippen MR) is 316 cm³/mol. The van der Waals surface area contributed by atoms with E-state index in [2.05, 4.69) is 68.5 Å². The number of aliphatic hydroxyl groups excluding tert-OH is 1. The van der Waals surface area contributed by atoms with E-state index in [0.29, 0.717) is 37.9 Å². The summed E-state index contributed by atoms with van der Waals surface area (Å²) in [7, 11) is 0. The van der Waals surface area contributed by atoms with Crippen LogP contribution in [-0.2, 0) is 78.3 Å². The average Bonchev–Trinajstić information content (AvgIpc) is 1.74. The van der Waals surface area contributed by atoms with Gasteiger partial charge in [0.25, 0.3) is 0 Å². The van der Waals surface area contributed by atoms with Crippen LogP contribution < -0.4 is 70.0 Å². The van der Waals surface area contributed by atoms with Gasteiger partial charge in [-0.3, -0.25) is 71.9 Å². The summed E-state index contributed by atoms with van der Waals surface area (Å²) in [5, 5.41) is 64.4. The van der Waals surface area contributed by atoms with Gasteiger partial charge < -0.3 is 100 Å². The van der Waals surface area contributed by atoms with E-state index >= 15 is 0 Å². The van der Waals surface area contributed by atoms with Gasteiger partial charge in [0.15, 0.2) is 0 Å². The molecule has 20 N–H and O–H groups in total. The third kappa shape index (κ3) is 27.3. The zero-order chi connectivity index (χ0) is 67.9. The van der Waals surface area contributed by atoms with Gasteiger partial charge >= 0.3 is 17.9 Å². The number of imidazole rings is 1. The summed E-state index contributed by atoms with van der Waals surface area (Å²) >= 11 is 0. The van der Waals surface area contributed by atoms with Gasteiger partial charge in [-0.25, -0.2) is 4.98 Å². The number of nitrogens with two attached hydrogens (primary N) is 2. The van der Waals surface area contributed by atoms with Crippen LogP contribution in [0.15, 0.2) is 12.5 Å². The maximum absolute atomic E-state index is 14.3. The molecule has 90 heavy (non-hydrogen) atoms. The van der Waals surface area contributed by atoms with Crippen LogP contribution in [0.25, 0.3) is 0 Å². The van der Waals surface area contributed by atoms with Gasteiger partial charge in [-0.2, -0.15) is 0 Å². The molecular formula is C55H90N16O19. The first-order chi connectivity index (χ1) is 42.3. The highest BCUT2D eigenvalue weighted by molar-refractivity contribution is 5.99. The summed E-state index contributed by atoms with van der Waals surface area (Å²) in [6.45, 7) is 8.06. The van der Waals surface area contributed by atoms with Gasteiger partial charge in [0.05, 0.1) is 45.0 Å². The molecule has 0 radical (unpaired) electrons. The van der Waals surface area contributed by atoms with Crippen molar-refractivity contribution in [3.05, 3.63) is 18.2 Å². The molecule has 2 heterocycles. The smallest absolute Gasteiger partial charge is 0.325 e. The largest absolute Gasteiger partial charge is 0.481 e. The molecule has 0 aliphatic carbocycles. The number of carboxylic acid groups (broad SMARTS) is 3. The van der Waals surface area contributed by atoms with Crippen LogP contribution in [0.2, 0.25) is 0 Å². The molecule has 1 aliphatic rings. The number of H-pyrrole nitrogens is 1. The van der Waals surface area contributed by atoms with Crippen LogP contribution in [0.4, 0.5) is 0 Å². The Bertz CT molecular complexity index is 2660. The number of nitrogens with zero attached hydrogens (tertiary/aromatic N) is 2. The van der Waals surface area contributed by atoms with Crippen molar-refractivity contribution in [3.63, 3.8) is 0 Å². The van der Waals surface area contributed by atoms with Crippen molar-refractivity contribution in [1.29, 1.82) is 0 Å². The van der Waals surface area contributed by atoms with E-state index in [0.717, 1.165) is 0 Å². The van der Waals surface area contributed by atoms with E-state index in [1.165, 1.54) is 38.2 Å². The van der Waals surface area contributed by atoms with Crippen LogP contribution in [0.3, 0.4) is 0 Å². The molecule has 0 spiro atoms. The monoisotopic (exact) mass is 1280 g/mol. The highest BCUT2D eigenvalue weighted by Gasteiger charge is 2.40. The zero-order valence-electron chi connectivity index (χ0n) is 51.6. The number of carboxylic acids is 3. The summed E-state index contributed by atoms with van der Waals surface area (Å²) in [4.78, 5) is 203. The lowest BCUT2D eigenvalue weighted by atomic mass is 9.97. The fraction of sp³-hybridized carbons (Fsp3) is 0.673. The quantitative estimate of drug-likeness (QED) is 0.0271. The number of aromatic amines is 1. The molecule has 504 valence electrons. The number of unbranched alkanes of at least 4 members (excludes halogenated alkanes) is 1. The Hall–Kier alpha value is -8.86. The fourth-order valence-corrected chi connectivity index (χ4v) is 9.03. The molecule has 35 nitrogen and oxygen atoms in total. The molecule has 0 bridgehead atoms. The van der Waals surface area contributed by atoms with Crippen molar-refractivity contribution in [1.82, 2.24) is 73.4 Å². The molecule has 1 saturated heterocycles. The number of aromatic nitrogens is 2. The van der Waals surface area contributed by atoms with E-state index in [9.17, 15) is 92.3 Å². The molecule has 35 heteroatoms. The molecule has 2 rings (SSSR count). The van der Waals surface area contributed by atoms with E-state index in [-0.39, 0.29) is 38.1 Å². The Morgan fingerprint density at radius 2 is 1.19 bits per heavy atom. The van der Waals surface area contributed by atoms with E-state index in [1.54, 1.807) is 27.7 Å². The van der Waals surface area contributed by atoms with Crippen molar-refractivity contribution in [3.8, 4) is 0 Å². The van der Waals surface area contributed by atoms with Crippen LogP contribution in [0, 0.1) is 17.8 Å². The maximum atomic E-state index is 14.3. The molecule has 12 amide bonds. The first-order valence-electron chi connectivity index (χ1n) is 29.6. The van der Waals surface area contributed by atoms with Crippen LogP contribution in [0.1, 0.15) is 118 Å². The van der Waals surface area contributed by atoms with Gasteiger partial charge in [0.2, 0.25) is 70.9 Å². The minimum absolute atomic E-state index is 0.0180. The van der Waals surface area contributed by atoms with Crippen molar-refractivity contribution in [2.45, 2.75) is 180 Å². The van der Waals surface area contributed by atoms with Crippen molar-refractivity contribution < 1.29 is 92.3 Å². The number of amides is 12. The Morgan fingerprint density at radius 1 is 0.633 bits per heavy atom. The molecule has 1 aliphatic heterocycles. The number of hydrogen-bond acceptors (Lipinski definition) is 19. The Balaban J connectivity index is 2.17. The minimum atomic E-state index is -1.78. The summed E-state index contributed by atoms with van der Waals surface area (Å²) in [5.41, 5.74) is 11.7. The normalized spacial score (nSPS) is 16.1. The molecule has 1 fully saturated rings. The van der Waals surface area contributed by atoms with Crippen LogP contribution in [-0.4, -0.2) is 224 Å². The SMILES string of the molecule is CC[C@H](C)[C@H](NC(=O)[C@H](CO)NC(=O)[C@H](CC(C)C)NC(=O)CNC(=O)[C@@H]1CCCN1C(=O)[C@H](Cc1cnc[nH]1)NC(=O)[C@H](CCC(=O)O)NC(=O)CNC(=O)[C@@H](N)CCCCN)C(=O)NCC(=O)N[C@@H](CC(=O)O)C(=O)N[C@H](C(=O)N[C@@H](C)C(=O)O)C(C)C. The molecule has 0 saturated carbocycles. The van der Waals surface area contributed by atoms with Crippen molar-refractivity contribution in [2.24, 2.45) is 29.2 Å². The Morgan fingerprint density at radius 3 is 1.73 bits per heavy atom. The molecule has 0 aromatic carbocycles. The summed E-state index contributed by atoms with van der Waals surface area (Å²) in [6.07, 6.45) is 2.62. The molecule has 1 aromatic rings. The zero-order valence-corrected chi connectivity index (χ0v) is 51.6. The van der Waals surface area contributed by atoms with Crippen molar-refractivity contribution in [2.75, 3.05) is 39.3 Å². The predicted octanol–water partition coefficient (Wildman–Crippen LogP) is -6.19. The van der Waals surface area contributed by atoms with E-state index in [1.807, 2.05) is 0 Å². The standard InChI is InChI=1S/C55H90N16O19/c1-8-29(6)45(52(86)61-24-41(75)66-35(20-43(78)79)49(83)69-44(28(4)5)53(87)63-30(7)55(89)90)70-50(84)37(25-72)68-48(82)34(18-27(2)3)65-40(74)23-60-51(85)38-13-11-17-71(38)54(88)36(19-31-21-58-26-62-31)67-47(81)33(14-15-42(76)77)64-39(73)22-59-46(80)32(57)12-9-10-16-56/h21,26-30,32-38,44-45,72H,8-20,22-25,56-57H2,1-7H3,(H,58,62)(H,59,80)(H,60,85)(H,61,86)(H,63,87)(H,64,73)(H,65,74)(H,66,75)(H,67,81)(H,68,82)(H,69,83)(H,70,84)(H,76,77)(H,78,79)(H,89,90)/t29-,30-,32-,33-,34-,35-,36-,37-,38-,44-,45-/m0/s1. The third-order valence-electron chi connectivity index (χ3n) is 14.3. The van der Waals surface area contributed by atoms with Crippen LogP contribution in [0.5, 0.6) is 0 Å².